The molecule has 0 fully saturated rings. The van der Waals surface area contributed by atoms with E-state index in [1.807, 2.05) is 39.8 Å². The van der Waals surface area contributed by atoms with Gasteiger partial charge >= 0.3 is 5.97 Å². The van der Waals surface area contributed by atoms with Crippen LogP contribution in [0.3, 0.4) is 0 Å². The normalized spacial score (nSPS) is 13.0. The zero-order chi connectivity index (χ0) is 22.0. The van der Waals surface area contributed by atoms with Crippen molar-refractivity contribution >= 4 is 23.6 Å². The molecule has 0 aromatic heterocycles. The van der Waals surface area contributed by atoms with Crippen molar-refractivity contribution in [2.24, 2.45) is 5.92 Å². The molecule has 0 bridgehead atoms. The predicted octanol–water partition coefficient (Wildman–Crippen LogP) is 3.99. The summed E-state index contributed by atoms with van der Waals surface area (Å²) in [7, 11) is 0. The van der Waals surface area contributed by atoms with Gasteiger partial charge in [-0.25, -0.2) is 4.79 Å². The van der Waals surface area contributed by atoms with E-state index >= 15 is 0 Å². The number of Topliss-reactive ketones (excluding diaryl/α,β-unsaturated/α-hetero) is 1. The van der Waals surface area contributed by atoms with Crippen molar-refractivity contribution in [3.8, 4) is 0 Å². The van der Waals surface area contributed by atoms with Crippen LogP contribution < -0.4 is 0 Å². The second kappa shape index (κ2) is 8.61. The van der Waals surface area contributed by atoms with E-state index < -0.39 is 18.5 Å². The number of hydrogen-bond donors (Lipinski definition) is 0. The number of ether oxygens (including phenoxy) is 1. The van der Waals surface area contributed by atoms with Gasteiger partial charge < -0.3 is 4.74 Å². The minimum absolute atomic E-state index is 0.134. The first-order valence-corrected chi connectivity index (χ1v) is 9.97. The lowest BCUT2D eigenvalue weighted by molar-refractivity contribution is 0.0474. The first-order chi connectivity index (χ1) is 14.2. The highest BCUT2D eigenvalue weighted by Gasteiger charge is 2.35. The molecule has 0 saturated heterocycles. The third-order valence-corrected chi connectivity index (χ3v) is 5.16. The molecule has 0 spiro atoms. The molecule has 0 unspecified atom stereocenters. The van der Waals surface area contributed by atoms with Crippen LogP contribution >= 0.6 is 0 Å². The SMILES string of the molecule is Cc1ccc(C)c(C(=O)COC(=O)c2ccc3c(c2)C(=O)N(CCC(C)C)C3=O)c1. The Kier molecular flexibility index (Phi) is 6.15. The van der Waals surface area contributed by atoms with Gasteiger partial charge in [0.25, 0.3) is 11.8 Å². The minimum atomic E-state index is -0.711. The fourth-order valence-corrected chi connectivity index (χ4v) is 3.34. The summed E-state index contributed by atoms with van der Waals surface area (Å²) in [6.07, 6.45) is 0.709. The Morgan fingerprint density at radius 3 is 2.37 bits per heavy atom. The first-order valence-electron chi connectivity index (χ1n) is 9.97. The van der Waals surface area contributed by atoms with Crippen LogP contribution in [0.25, 0.3) is 0 Å². The van der Waals surface area contributed by atoms with Gasteiger partial charge in [0.15, 0.2) is 6.61 Å². The van der Waals surface area contributed by atoms with Gasteiger partial charge in [0.2, 0.25) is 5.78 Å². The monoisotopic (exact) mass is 407 g/mol. The molecule has 6 heteroatoms. The third-order valence-electron chi connectivity index (χ3n) is 5.16. The van der Waals surface area contributed by atoms with E-state index in [1.165, 1.54) is 23.1 Å². The summed E-state index contributed by atoms with van der Waals surface area (Å²) in [6, 6.07) is 9.80. The van der Waals surface area contributed by atoms with Crippen LogP contribution in [0.15, 0.2) is 36.4 Å². The van der Waals surface area contributed by atoms with Crippen LogP contribution in [0, 0.1) is 19.8 Å². The maximum absolute atomic E-state index is 12.6. The standard InChI is InChI=1S/C24H25NO5/c1-14(2)9-10-25-22(27)18-8-7-17(12-20(18)23(25)28)24(29)30-13-21(26)19-11-15(3)5-6-16(19)4/h5-8,11-12,14H,9-10,13H2,1-4H3. The van der Waals surface area contributed by atoms with Gasteiger partial charge in [0.05, 0.1) is 16.7 Å². The molecular formula is C24H25NO5. The van der Waals surface area contributed by atoms with Crippen LogP contribution in [0.5, 0.6) is 0 Å². The summed E-state index contributed by atoms with van der Waals surface area (Å²) >= 11 is 0. The second-order valence-electron chi connectivity index (χ2n) is 8.02. The topological polar surface area (TPSA) is 80.8 Å². The van der Waals surface area contributed by atoms with Crippen molar-refractivity contribution in [2.45, 2.75) is 34.1 Å². The smallest absolute Gasteiger partial charge is 0.338 e. The number of ketones is 1. The Morgan fingerprint density at radius 2 is 1.67 bits per heavy atom. The lowest BCUT2D eigenvalue weighted by Gasteiger charge is -2.14. The fourth-order valence-electron chi connectivity index (χ4n) is 3.34. The molecular weight excluding hydrogens is 382 g/mol. The van der Waals surface area contributed by atoms with Crippen LogP contribution in [-0.2, 0) is 4.74 Å². The number of esters is 1. The molecule has 156 valence electrons. The average molecular weight is 407 g/mol. The van der Waals surface area contributed by atoms with Crippen molar-refractivity contribution in [2.75, 3.05) is 13.2 Å². The summed E-state index contributed by atoms with van der Waals surface area (Å²) < 4.78 is 5.17. The maximum Gasteiger partial charge on any atom is 0.338 e. The molecule has 0 aliphatic carbocycles. The molecule has 0 atom stereocenters. The highest BCUT2D eigenvalue weighted by atomic mass is 16.5. The van der Waals surface area contributed by atoms with Crippen molar-refractivity contribution in [1.82, 2.24) is 4.90 Å². The van der Waals surface area contributed by atoms with Crippen molar-refractivity contribution in [1.29, 1.82) is 0 Å². The zero-order valence-corrected chi connectivity index (χ0v) is 17.7. The summed E-state index contributed by atoms with van der Waals surface area (Å²) in [5, 5.41) is 0. The molecule has 6 nitrogen and oxygen atoms in total. The molecule has 0 saturated carbocycles. The van der Waals surface area contributed by atoms with E-state index in [0.29, 0.717) is 24.4 Å². The second-order valence-corrected chi connectivity index (χ2v) is 8.02. The number of fused-ring (bicyclic) bond motifs is 1. The average Bonchev–Trinajstić information content (AvgIpc) is 2.95. The van der Waals surface area contributed by atoms with E-state index in [4.69, 9.17) is 4.74 Å². The lowest BCUT2D eigenvalue weighted by atomic mass is 10.0. The van der Waals surface area contributed by atoms with Crippen LogP contribution in [0.4, 0.5) is 0 Å². The Labute approximate surface area is 175 Å². The molecule has 30 heavy (non-hydrogen) atoms. The van der Waals surface area contributed by atoms with Crippen LogP contribution in [0.2, 0.25) is 0 Å². The Morgan fingerprint density at radius 1 is 0.967 bits per heavy atom. The molecule has 1 heterocycles. The molecule has 1 aliphatic rings. The Balaban J connectivity index is 1.70. The summed E-state index contributed by atoms with van der Waals surface area (Å²) in [5.41, 5.74) is 2.88. The van der Waals surface area contributed by atoms with Crippen LogP contribution in [0.1, 0.15) is 72.8 Å². The number of carbonyl (C=O) groups excluding carboxylic acids is 4. The molecule has 3 rings (SSSR count). The van der Waals surface area contributed by atoms with Gasteiger partial charge in [-0.3, -0.25) is 19.3 Å². The van der Waals surface area contributed by atoms with E-state index in [9.17, 15) is 19.2 Å². The predicted molar refractivity (Wildman–Crippen MR) is 112 cm³/mol. The number of rotatable bonds is 7. The molecule has 2 aromatic carbocycles. The summed E-state index contributed by atoms with van der Waals surface area (Å²) in [6.45, 7) is 7.69. The zero-order valence-electron chi connectivity index (χ0n) is 17.7. The lowest BCUT2D eigenvalue weighted by Crippen LogP contribution is -2.31. The fraction of sp³-hybridized carbons (Fsp3) is 0.333. The summed E-state index contributed by atoms with van der Waals surface area (Å²) in [5.74, 6) is -1.40. The molecule has 2 aromatic rings. The number of hydrogen-bond acceptors (Lipinski definition) is 5. The molecule has 0 radical (unpaired) electrons. The van der Waals surface area contributed by atoms with Crippen molar-refractivity contribution in [3.63, 3.8) is 0 Å². The molecule has 2 amide bonds. The van der Waals surface area contributed by atoms with E-state index in [1.54, 1.807) is 6.07 Å². The van der Waals surface area contributed by atoms with Gasteiger partial charge in [0.1, 0.15) is 0 Å². The molecule has 1 aliphatic heterocycles. The number of imide groups is 1. The summed E-state index contributed by atoms with van der Waals surface area (Å²) in [4.78, 5) is 51.2. The van der Waals surface area contributed by atoms with Crippen LogP contribution in [-0.4, -0.2) is 41.6 Å². The highest BCUT2D eigenvalue weighted by molar-refractivity contribution is 6.22. The van der Waals surface area contributed by atoms with Gasteiger partial charge in [0, 0.05) is 12.1 Å². The number of carbonyl (C=O) groups is 4. The maximum atomic E-state index is 12.6. The molecule has 0 N–H and O–H groups in total. The van der Waals surface area contributed by atoms with Gasteiger partial charge in [-0.2, -0.15) is 0 Å². The first kappa shape index (κ1) is 21.4. The van der Waals surface area contributed by atoms with E-state index in [0.717, 1.165) is 11.1 Å². The number of amides is 2. The van der Waals surface area contributed by atoms with Crippen molar-refractivity contribution in [3.05, 3.63) is 69.8 Å². The number of benzene rings is 2. The minimum Gasteiger partial charge on any atom is -0.454 e. The Hall–Kier alpha value is -3.28. The third kappa shape index (κ3) is 4.32. The van der Waals surface area contributed by atoms with Gasteiger partial charge in [-0.1, -0.05) is 31.5 Å². The van der Waals surface area contributed by atoms with Gasteiger partial charge in [-0.05, 0) is 56.0 Å². The van der Waals surface area contributed by atoms with E-state index in [2.05, 4.69) is 0 Å². The number of nitrogens with zero attached hydrogens (tertiary/aromatic N) is 1. The quantitative estimate of drug-likeness (QED) is 0.394. The van der Waals surface area contributed by atoms with Crippen molar-refractivity contribution < 1.29 is 23.9 Å². The Bertz CT molecular complexity index is 1040. The highest BCUT2D eigenvalue weighted by Crippen LogP contribution is 2.25. The number of aryl methyl sites for hydroxylation is 2. The largest absolute Gasteiger partial charge is 0.454 e. The van der Waals surface area contributed by atoms with Gasteiger partial charge in [-0.15, -0.1) is 0 Å². The van der Waals surface area contributed by atoms with E-state index in [-0.39, 0.29) is 28.4 Å².